The first kappa shape index (κ1) is 12.9. The zero-order valence-corrected chi connectivity index (χ0v) is 11.2. The molecule has 2 heterocycles. The lowest BCUT2D eigenvalue weighted by atomic mass is 9.90. The quantitative estimate of drug-likeness (QED) is 0.829. The van der Waals surface area contributed by atoms with Crippen LogP contribution in [-0.4, -0.2) is 50.7 Å². The average Bonchev–Trinajstić information content (AvgIpc) is 2.86. The second-order valence-electron chi connectivity index (χ2n) is 5.88. The molecule has 2 unspecified atom stereocenters. The Bertz CT molecular complexity index is 260. The monoisotopic (exact) mass is 255 g/mol. The van der Waals surface area contributed by atoms with E-state index in [0.29, 0.717) is 6.10 Å². The Labute approximate surface area is 109 Å². The van der Waals surface area contributed by atoms with Crippen LogP contribution in [-0.2, 0) is 14.2 Å². The summed E-state index contributed by atoms with van der Waals surface area (Å²) in [5.74, 6) is 0. The molecule has 3 rings (SSSR count). The molecular formula is C14H25NO3. The molecule has 0 radical (unpaired) electrons. The van der Waals surface area contributed by atoms with Crippen molar-refractivity contribution < 1.29 is 14.2 Å². The van der Waals surface area contributed by atoms with E-state index < -0.39 is 0 Å². The Hall–Kier alpha value is -0.160. The summed E-state index contributed by atoms with van der Waals surface area (Å²) < 4.78 is 17.8. The normalized spacial score (nSPS) is 36.0. The molecule has 2 aliphatic heterocycles. The fourth-order valence-electron chi connectivity index (χ4n) is 3.46. The molecule has 0 amide bonds. The smallest absolute Gasteiger partial charge is 0.0933 e. The zero-order chi connectivity index (χ0) is 12.3. The molecule has 0 aromatic rings. The van der Waals surface area contributed by atoms with Crippen molar-refractivity contribution in [3.05, 3.63) is 0 Å². The highest BCUT2D eigenvalue weighted by Crippen LogP contribution is 2.40. The van der Waals surface area contributed by atoms with Gasteiger partial charge in [0.05, 0.1) is 31.0 Å². The number of ether oxygens (including phenoxy) is 3. The van der Waals surface area contributed by atoms with Gasteiger partial charge in [0, 0.05) is 26.1 Å². The van der Waals surface area contributed by atoms with Crippen LogP contribution in [0.3, 0.4) is 0 Å². The maximum absolute atomic E-state index is 6.06. The summed E-state index contributed by atoms with van der Waals surface area (Å²) >= 11 is 0. The van der Waals surface area contributed by atoms with Gasteiger partial charge in [-0.05, 0) is 19.3 Å². The van der Waals surface area contributed by atoms with E-state index in [2.05, 4.69) is 5.32 Å². The second kappa shape index (κ2) is 5.87. The van der Waals surface area contributed by atoms with Crippen LogP contribution < -0.4 is 5.32 Å². The SMILES string of the molecule is C1CCC2(C1)CC(OCC1CNCCO1)CCO2. The molecule has 3 aliphatic rings. The van der Waals surface area contributed by atoms with Crippen LogP contribution in [0.1, 0.15) is 38.5 Å². The predicted molar refractivity (Wildman–Crippen MR) is 68.7 cm³/mol. The van der Waals surface area contributed by atoms with Crippen molar-refractivity contribution >= 4 is 0 Å². The van der Waals surface area contributed by atoms with Gasteiger partial charge < -0.3 is 19.5 Å². The molecule has 4 heteroatoms. The minimum Gasteiger partial charge on any atom is -0.375 e. The lowest BCUT2D eigenvalue weighted by Gasteiger charge is -2.38. The van der Waals surface area contributed by atoms with Gasteiger partial charge in [-0.25, -0.2) is 0 Å². The van der Waals surface area contributed by atoms with Crippen molar-refractivity contribution in [1.82, 2.24) is 5.32 Å². The van der Waals surface area contributed by atoms with Crippen molar-refractivity contribution in [3.63, 3.8) is 0 Å². The molecule has 1 aliphatic carbocycles. The molecule has 0 bridgehead atoms. The average molecular weight is 255 g/mol. The lowest BCUT2D eigenvalue weighted by Crippen LogP contribution is -2.44. The van der Waals surface area contributed by atoms with Crippen molar-refractivity contribution in [1.29, 1.82) is 0 Å². The molecule has 0 aromatic carbocycles. The maximum atomic E-state index is 6.06. The van der Waals surface area contributed by atoms with E-state index in [4.69, 9.17) is 14.2 Å². The molecule has 18 heavy (non-hydrogen) atoms. The van der Waals surface area contributed by atoms with Crippen LogP contribution in [0, 0.1) is 0 Å². The highest BCUT2D eigenvalue weighted by atomic mass is 16.5. The molecule has 1 spiro atoms. The predicted octanol–water partition coefficient (Wildman–Crippen LogP) is 1.48. The van der Waals surface area contributed by atoms with E-state index in [0.717, 1.165) is 45.8 Å². The fourth-order valence-corrected chi connectivity index (χ4v) is 3.46. The Kier molecular flexibility index (Phi) is 4.19. The first-order valence-electron chi connectivity index (χ1n) is 7.44. The maximum Gasteiger partial charge on any atom is 0.0933 e. The topological polar surface area (TPSA) is 39.7 Å². The van der Waals surface area contributed by atoms with Gasteiger partial charge in [0.2, 0.25) is 0 Å². The van der Waals surface area contributed by atoms with Gasteiger partial charge in [-0.2, -0.15) is 0 Å². The van der Waals surface area contributed by atoms with Crippen LogP contribution >= 0.6 is 0 Å². The van der Waals surface area contributed by atoms with Crippen LogP contribution in [0.15, 0.2) is 0 Å². The minimum absolute atomic E-state index is 0.161. The zero-order valence-electron chi connectivity index (χ0n) is 11.2. The van der Waals surface area contributed by atoms with Gasteiger partial charge in [-0.1, -0.05) is 12.8 Å². The van der Waals surface area contributed by atoms with E-state index in [1.165, 1.54) is 25.7 Å². The minimum atomic E-state index is 0.161. The summed E-state index contributed by atoms with van der Waals surface area (Å²) in [4.78, 5) is 0. The van der Waals surface area contributed by atoms with Crippen LogP contribution in [0.2, 0.25) is 0 Å². The Morgan fingerprint density at radius 2 is 2.11 bits per heavy atom. The largest absolute Gasteiger partial charge is 0.375 e. The third-order valence-electron chi connectivity index (χ3n) is 4.48. The molecular weight excluding hydrogens is 230 g/mol. The third-order valence-corrected chi connectivity index (χ3v) is 4.48. The van der Waals surface area contributed by atoms with Crippen LogP contribution in [0.5, 0.6) is 0 Å². The molecule has 3 fully saturated rings. The van der Waals surface area contributed by atoms with E-state index in [9.17, 15) is 0 Å². The van der Waals surface area contributed by atoms with E-state index in [1.54, 1.807) is 0 Å². The molecule has 4 nitrogen and oxygen atoms in total. The van der Waals surface area contributed by atoms with Gasteiger partial charge in [0.25, 0.3) is 0 Å². The highest BCUT2D eigenvalue weighted by Gasteiger charge is 2.40. The summed E-state index contributed by atoms with van der Waals surface area (Å²) in [6, 6.07) is 0. The molecule has 0 aromatic heterocycles. The highest BCUT2D eigenvalue weighted by molar-refractivity contribution is 4.91. The first-order valence-corrected chi connectivity index (χ1v) is 7.44. The molecule has 2 atom stereocenters. The second-order valence-corrected chi connectivity index (χ2v) is 5.88. The van der Waals surface area contributed by atoms with E-state index >= 15 is 0 Å². The first-order chi connectivity index (χ1) is 8.86. The summed E-state index contributed by atoms with van der Waals surface area (Å²) in [5, 5.41) is 3.34. The molecule has 104 valence electrons. The third kappa shape index (κ3) is 3.05. The lowest BCUT2D eigenvalue weighted by molar-refractivity contribution is -0.143. The molecule has 1 saturated carbocycles. The number of rotatable bonds is 3. The van der Waals surface area contributed by atoms with Gasteiger partial charge >= 0.3 is 0 Å². The van der Waals surface area contributed by atoms with Crippen LogP contribution in [0.25, 0.3) is 0 Å². The summed E-state index contributed by atoms with van der Waals surface area (Å²) in [6.07, 6.45) is 7.85. The number of morpholine rings is 1. The summed E-state index contributed by atoms with van der Waals surface area (Å²) in [7, 11) is 0. The van der Waals surface area contributed by atoms with E-state index in [-0.39, 0.29) is 11.7 Å². The van der Waals surface area contributed by atoms with E-state index in [1.807, 2.05) is 0 Å². The van der Waals surface area contributed by atoms with Crippen molar-refractivity contribution in [2.75, 3.05) is 32.9 Å². The van der Waals surface area contributed by atoms with Gasteiger partial charge in [0.1, 0.15) is 0 Å². The standard InChI is InChI=1S/C14H25NO3/c1-2-5-14(4-1)9-12(3-7-18-14)17-11-13-10-15-6-8-16-13/h12-13,15H,1-11H2. The molecule has 1 N–H and O–H groups in total. The number of nitrogens with one attached hydrogen (secondary N) is 1. The molecule has 2 saturated heterocycles. The number of hydrogen-bond acceptors (Lipinski definition) is 4. The van der Waals surface area contributed by atoms with Crippen molar-refractivity contribution in [3.8, 4) is 0 Å². The van der Waals surface area contributed by atoms with Crippen molar-refractivity contribution in [2.45, 2.75) is 56.3 Å². The fraction of sp³-hybridized carbons (Fsp3) is 1.00. The van der Waals surface area contributed by atoms with Gasteiger partial charge in [0.15, 0.2) is 0 Å². The van der Waals surface area contributed by atoms with Crippen molar-refractivity contribution in [2.24, 2.45) is 0 Å². The van der Waals surface area contributed by atoms with Gasteiger partial charge in [-0.3, -0.25) is 0 Å². The van der Waals surface area contributed by atoms with Crippen LogP contribution in [0.4, 0.5) is 0 Å². The Morgan fingerprint density at radius 1 is 1.22 bits per heavy atom. The summed E-state index contributed by atoms with van der Waals surface area (Å²) in [5.41, 5.74) is 0.161. The Balaban J connectivity index is 1.44. The summed E-state index contributed by atoms with van der Waals surface area (Å²) in [6.45, 7) is 4.30. The van der Waals surface area contributed by atoms with Gasteiger partial charge in [-0.15, -0.1) is 0 Å². The number of hydrogen-bond donors (Lipinski definition) is 1. The Morgan fingerprint density at radius 3 is 2.89 bits per heavy atom.